The number of ketones is 3. The molecule has 0 amide bonds. The van der Waals surface area contributed by atoms with Crippen molar-refractivity contribution in [3.8, 4) is 0 Å². The molecule has 0 aromatic carbocycles. The highest BCUT2D eigenvalue weighted by Gasteiger charge is 2.69. The lowest BCUT2D eigenvalue weighted by Gasteiger charge is -2.47. The number of hydrogen-bond acceptors (Lipinski definition) is 23. The smallest absolute Gasteiger partial charge is 0.172 e. The molecular formula is C80H118O23. The molecule has 17 saturated heterocycles. The fraction of sp³-hybridized carbons (Fsp3) is 0.863. The number of aliphatic hydroxyl groups is 6. The molecule has 17 aliphatic rings. The predicted octanol–water partition coefficient (Wildman–Crippen LogP) is 6.98. The van der Waals surface area contributed by atoms with Crippen LogP contribution in [0.4, 0.5) is 0 Å². The van der Waals surface area contributed by atoms with Crippen LogP contribution >= 0.6 is 0 Å². The number of ether oxygens (including phenoxy) is 14. The van der Waals surface area contributed by atoms with E-state index >= 15 is 0 Å². The zero-order valence-electron chi connectivity index (χ0n) is 61.0. The van der Waals surface area contributed by atoms with Crippen LogP contribution in [-0.4, -0.2) is 250 Å². The van der Waals surface area contributed by atoms with E-state index in [0.29, 0.717) is 76.5 Å². The zero-order valence-corrected chi connectivity index (χ0v) is 61.0. The molecule has 103 heavy (non-hydrogen) atoms. The second kappa shape index (κ2) is 31.5. The minimum atomic E-state index is -1.08. The van der Waals surface area contributed by atoms with E-state index in [1.165, 1.54) is 0 Å². The minimum absolute atomic E-state index is 0.00785. The van der Waals surface area contributed by atoms with E-state index in [4.69, 9.17) is 66.3 Å². The van der Waals surface area contributed by atoms with Gasteiger partial charge in [0.1, 0.15) is 78.4 Å². The molecule has 0 aliphatic carbocycles. The summed E-state index contributed by atoms with van der Waals surface area (Å²) in [5, 5.41) is 62.5. The summed E-state index contributed by atoms with van der Waals surface area (Å²) in [7, 11) is 0. The normalized spacial score (nSPS) is 50.8. The first-order valence-electron chi connectivity index (χ1n) is 39.9. The van der Waals surface area contributed by atoms with Crippen molar-refractivity contribution < 1.29 is 111 Å². The molecule has 0 saturated carbocycles. The second-order valence-corrected chi connectivity index (χ2v) is 34.5. The Labute approximate surface area is 607 Å². The molecule has 6 N–H and O–H groups in total. The highest BCUT2D eigenvalue weighted by molar-refractivity contribution is 5.80. The third-order valence-electron chi connectivity index (χ3n) is 27.4. The molecule has 0 aromatic heterocycles. The summed E-state index contributed by atoms with van der Waals surface area (Å²) in [6.07, 6.45) is 3.80. The van der Waals surface area contributed by atoms with Gasteiger partial charge >= 0.3 is 0 Å². The Hall–Kier alpha value is -2.83. The van der Waals surface area contributed by atoms with Crippen molar-refractivity contribution in [1.29, 1.82) is 0 Å². The first-order valence-corrected chi connectivity index (χ1v) is 39.9. The highest BCUT2D eigenvalue weighted by atomic mass is 16.8. The molecule has 37 atom stereocenters. The molecule has 0 radical (unpaired) electrons. The summed E-state index contributed by atoms with van der Waals surface area (Å²) >= 11 is 0. The van der Waals surface area contributed by atoms with Crippen LogP contribution < -0.4 is 0 Å². The van der Waals surface area contributed by atoms with Crippen LogP contribution in [0.15, 0.2) is 48.6 Å². The summed E-state index contributed by atoms with van der Waals surface area (Å²) in [5.74, 6) is -0.318. The maximum atomic E-state index is 14.0. The van der Waals surface area contributed by atoms with Gasteiger partial charge in [-0.1, -0.05) is 54.0 Å². The predicted molar refractivity (Wildman–Crippen MR) is 370 cm³/mol. The number of hydrogen-bond donors (Lipinski definition) is 6. The summed E-state index contributed by atoms with van der Waals surface area (Å²) in [5.41, 5.74) is 4.26. The number of aliphatic hydroxyl groups excluding tert-OH is 6. The Morgan fingerprint density at radius 1 is 0.398 bits per heavy atom. The van der Waals surface area contributed by atoms with Crippen LogP contribution in [0.2, 0.25) is 0 Å². The summed E-state index contributed by atoms with van der Waals surface area (Å²) in [6, 6.07) is 0. The standard InChI is InChI=1S/C40H60O12.C40H58O11/c1-19-11-27-7-9-30-20(2)12-26(47-30)6-5-23(42)15-35-36(45)39-40(52-35)37(46)38-31(51-39)10-8-28(49-38)13-24(43)14-29-22(4)32(16-25(44)18-41)50-34(29)17-33(48-27)21(19)3;1-19-11-25-5-7-29-20(2)12-27(44-29)9-10-40-17-34-36(50-40)37-38(49-34)39(51-40)35-30(48-37)8-6-26(46-35)13-23(42)14-28-22(4)31(15-24(43)18-41)47-33(28)16-32(45-25)21(19)3/h19,22,25-41,44-46H,2-3,5-18H2,1,4H3;19,22,24-39,41,43H,2-3,5-18H2,1,4H3/t19-,22-,25+,26+,27+,28?,29-,30?,31+,32-,33-,34?,35-,36+,37+,38+,39+,40+;19-,22-,24+,25+,26?,27+,28-,29?,30+,31-,32-,33?,34-,35+,36+,37+,38-,39+,40?/m11/s1. The molecule has 0 aromatic rings. The van der Waals surface area contributed by atoms with Crippen LogP contribution in [0.3, 0.4) is 0 Å². The molecule has 17 aliphatic heterocycles. The van der Waals surface area contributed by atoms with E-state index < -0.39 is 66.8 Å². The van der Waals surface area contributed by atoms with Crippen LogP contribution in [0.5, 0.6) is 0 Å². The van der Waals surface area contributed by atoms with Gasteiger partial charge in [0.05, 0.1) is 135 Å². The molecule has 576 valence electrons. The van der Waals surface area contributed by atoms with Gasteiger partial charge in [0.2, 0.25) is 0 Å². The average Bonchev–Trinajstić information content (AvgIpc) is 1.55. The molecule has 17 fully saturated rings. The van der Waals surface area contributed by atoms with Crippen molar-refractivity contribution >= 4 is 17.3 Å². The maximum absolute atomic E-state index is 14.0. The van der Waals surface area contributed by atoms with Crippen molar-refractivity contribution in [2.45, 2.75) is 384 Å². The van der Waals surface area contributed by atoms with Crippen molar-refractivity contribution in [3.63, 3.8) is 0 Å². The third kappa shape index (κ3) is 15.8. The minimum Gasteiger partial charge on any atom is -0.394 e. The number of fused-ring (bicyclic) bond motifs is 13. The topological polar surface area (TPSA) is 302 Å². The van der Waals surface area contributed by atoms with Crippen molar-refractivity contribution in [1.82, 2.24) is 0 Å². The van der Waals surface area contributed by atoms with Crippen LogP contribution in [0, 0.1) is 35.5 Å². The fourth-order valence-corrected chi connectivity index (χ4v) is 21.4. The fourth-order valence-electron chi connectivity index (χ4n) is 21.4. The molecule has 17 heterocycles. The lowest BCUT2D eigenvalue weighted by atomic mass is 9.79. The van der Waals surface area contributed by atoms with Crippen molar-refractivity contribution in [3.05, 3.63) is 48.6 Å². The van der Waals surface area contributed by atoms with Gasteiger partial charge in [-0.25, -0.2) is 0 Å². The largest absolute Gasteiger partial charge is 0.394 e. The van der Waals surface area contributed by atoms with Gasteiger partial charge < -0.3 is 97.0 Å². The Morgan fingerprint density at radius 3 is 1.42 bits per heavy atom. The quantitative estimate of drug-likeness (QED) is 0.146. The zero-order chi connectivity index (χ0) is 72.0. The average molecular weight is 1450 g/mol. The maximum Gasteiger partial charge on any atom is 0.172 e. The summed E-state index contributed by atoms with van der Waals surface area (Å²) < 4.78 is 92.3. The van der Waals surface area contributed by atoms with Gasteiger partial charge in [-0.2, -0.15) is 0 Å². The van der Waals surface area contributed by atoms with Gasteiger partial charge in [-0.3, -0.25) is 14.4 Å². The summed E-state index contributed by atoms with van der Waals surface area (Å²) in [6.45, 7) is 25.5. The molecule has 17 rings (SSSR count). The van der Waals surface area contributed by atoms with Gasteiger partial charge in [0.25, 0.3) is 0 Å². The Kier molecular flexibility index (Phi) is 23.1. The molecule has 20 bridgehead atoms. The molecule has 23 nitrogen and oxygen atoms in total. The number of rotatable bonds is 6. The Bertz CT molecular complexity index is 3070. The number of carbonyl (C=O) groups excluding carboxylic acids is 3. The Morgan fingerprint density at radius 2 is 0.854 bits per heavy atom. The van der Waals surface area contributed by atoms with E-state index in [0.717, 1.165) is 86.5 Å². The number of Topliss-reactive ketones (excluding diaryl/α,β-unsaturated/α-hetero) is 3. The highest BCUT2D eigenvalue weighted by Crippen LogP contribution is 2.55. The first kappa shape index (κ1) is 75.6. The SMILES string of the molecule is C=C1C[C@@H]2CCC(=O)C[C@H]3O[C@H]4[C@@H](O)[C@H]5OC(CC[C@@H]5O[C@H]4[C@H]3O)CC(=O)C[C@H]3C(C[C@H]4O[C@@H](CCC1O2)C[C@@H](C)C4=C)O[C@H](C[C@H](O)CO)[C@@H]3C.C=C1C[C@@H]2CCC34C[C@H]5O[C@H]6[C@@H](O3)[C@H]3OC(CC[C@@H]3O[C@H]6[C@H]5O4)CC(=O)C[C@H]3C(C[C@H]4O[C@@H](CCC1O2)C[C@@H](C)C4=C)O[C@H](C[C@H](O)CO)[C@@H]3C. The van der Waals surface area contributed by atoms with Gasteiger partial charge in [0.15, 0.2) is 5.79 Å². The van der Waals surface area contributed by atoms with Crippen LogP contribution in [0.25, 0.3) is 0 Å². The van der Waals surface area contributed by atoms with E-state index in [1.54, 1.807) is 0 Å². The van der Waals surface area contributed by atoms with E-state index in [2.05, 4.69) is 54.0 Å². The molecule has 23 heteroatoms. The van der Waals surface area contributed by atoms with Gasteiger partial charge in [-0.15, -0.1) is 0 Å². The first-order chi connectivity index (χ1) is 49.4. The van der Waals surface area contributed by atoms with E-state index in [9.17, 15) is 45.0 Å². The molecule has 1 spiro atoms. The molecule has 7 unspecified atom stereocenters. The van der Waals surface area contributed by atoms with Gasteiger partial charge in [-0.05, 0) is 148 Å². The lowest BCUT2D eigenvalue weighted by molar-refractivity contribution is -0.292. The van der Waals surface area contributed by atoms with E-state index in [1.807, 2.05) is 0 Å². The second-order valence-electron chi connectivity index (χ2n) is 34.5. The Balaban J connectivity index is 0.000000166. The third-order valence-corrected chi connectivity index (χ3v) is 27.4. The van der Waals surface area contributed by atoms with Crippen LogP contribution in [0.1, 0.15) is 195 Å². The monoisotopic (exact) mass is 1450 g/mol. The lowest BCUT2D eigenvalue weighted by Crippen LogP contribution is -2.61. The summed E-state index contributed by atoms with van der Waals surface area (Å²) in [4.78, 5) is 40.9. The van der Waals surface area contributed by atoms with Crippen LogP contribution in [-0.2, 0) is 80.7 Å². The van der Waals surface area contributed by atoms with Crippen molar-refractivity contribution in [2.24, 2.45) is 35.5 Å². The molecular weight excluding hydrogens is 1330 g/mol. The number of carbonyl (C=O) groups is 3. The van der Waals surface area contributed by atoms with Crippen molar-refractivity contribution in [2.75, 3.05) is 13.2 Å². The van der Waals surface area contributed by atoms with E-state index in [-0.39, 0.29) is 214 Å². The van der Waals surface area contributed by atoms with Gasteiger partial charge in [0, 0.05) is 77.0 Å².